The molecule has 0 aliphatic rings. The highest BCUT2D eigenvalue weighted by molar-refractivity contribution is 5.55. The second kappa shape index (κ2) is 7.00. The Hall–Kier alpha value is -1.56. The molecule has 0 radical (unpaired) electrons. The Morgan fingerprint density at radius 1 is 1.06 bits per heavy atom. The van der Waals surface area contributed by atoms with Crippen molar-refractivity contribution in [3.05, 3.63) is 17.7 Å². The molecule has 0 atom stereocenters. The van der Waals surface area contributed by atoms with Gasteiger partial charge in [0.1, 0.15) is 0 Å². The van der Waals surface area contributed by atoms with Gasteiger partial charge in [0.15, 0.2) is 11.5 Å². The molecule has 0 amide bonds. The zero-order valence-corrected chi connectivity index (χ0v) is 10.6. The van der Waals surface area contributed by atoms with E-state index < -0.39 is 6.43 Å². The molecule has 0 heterocycles. The van der Waals surface area contributed by atoms with Crippen molar-refractivity contribution < 1.29 is 23.0 Å². The van der Waals surface area contributed by atoms with Gasteiger partial charge in [-0.2, -0.15) is 0 Å². The lowest BCUT2D eigenvalue weighted by Gasteiger charge is -2.16. The van der Waals surface area contributed by atoms with E-state index in [0.29, 0.717) is 17.2 Å². The van der Waals surface area contributed by atoms with Gasteiger partial charge in [-0.1, -0.05) is 6.07 Å². The van der Waals surface area contributed by atoms with Crippen LogP contribution >= 0.6 is 0 Å². The molecule has 6 heteroatoms. The van der Waals surface area contributed by atoms with Gasteiger partial charge in [0.2, 0.25) is 5.75 Å². The van der Waals surface area contributed by atoms with E-state index in [-0.39, 0.29) is 13.1 Å². The minimum absolute atomic E-state index is 0.272. The second-order valence-electron chi connectivity index (χ2n) is 3.52. The number of nitrogens with one attached hydrogen (secondary N) is 1. The number of benzene rings is 1. The van der Waals surface area contributed by atoms with E-state index in [0.717, 1.165) is 5.56 Å². The number of hydrogen-bond acceptors (Lipinski definition) is 4. The predicted molar refractivity (Wildman–Crippen MR) is 63.8 cm³/mol. The third-order valence-electron chi connectivity index (χ3n) is 2.40. The molecule has 0 aliphatic heterocycles. The van der Waals surface area contributed by atoms with Gasteiger partial charge in [-0.05, 0) is 6.07 Å². The van der Waals surface area contributed by atoms with Crippen molar-refractivity contribution in [2.75, 3.05) is 27.9 Å². The summed E-state index contributed by atoms with van der Waals surface area (Å²) >= 11 is 0. The highest BCUT2D eigenvalue weighted by Crippen LogP contribution is 2.39. The Morgan fingerprint density at radius 2 is 1.72 bits per heavy atom. The van der Waals surface area contributed by atoms with Crippen LogP contribution in [0.1, 0.15) is 5.56 Å². The average Bonchev–Trinajstić information content (AvgIpc) is 2.37. The first-order valence-electron chi connectivity index (χ1n) is 5.40. The van der Waals surface area contributed by atoms with Crippen molar-refractivity contribution in [2.45, 2.75) is 13.0 Å². The largest absolute Gasteiger partial charge is 0.493 e. The van der Waals surface area contributed by atoms with Crippen molar-refractivity contribution in [1.29, 1.82) is 0 Å². The summed E-state index contributed by atoms with van der Waals surface area (Å²) in [5, 5.41) is 2.64. The molecular formula is C12H17F2NO3. The molecule has 0 saturated carbocycles. The molecule has 1 aromatic rings. The van der Waals surface area contributed by atoms with Crippen LogP contribution in [0.5, 0.6) is 17.2 Å². The highest BCUT2D eigenvalue weighted by atomic mass is 19.3. The summed E-state index contributed by atoms with van der Waals surface area (Å²) in [5.41, 5.74) is 0.732. The van der Waals surface area contributed by atoms with Crippen molar-refractivity contribution in [3.8, 4) is 17.2 Å². The maximum atomic E-state index is 12.0. The Morgan fingerprint density at radius 3 is 2.22 bits per heavy atom. The lowest BCUT2D eigenvalue weighted by atomic mass is 10.1. The normalized spacial score (nSPS) is 10.6. The molecule has 0 aromatic heterocycles. The SMILES string of the molecule is COc1ccc(CNCC(F)F)c(OC)c1OC. The van der Waals surface area contributed by atoms with Crippen LogP contribution in [-0.4, -0.2) is 34.3 Å². The fraction of sp³-hybridized carbons (Fsp3) is 0.500. The smallest absolute Gasteiger partial charge is 0.250 e. The van der Waals surface area contributed by atoms with Gasteiger partial charge < -0.3 is 19.5 Å². The number of hydrogen-bond donors (Lipinski definition) is 1. The average molecular weight is 261 g/mol. The Balaban J connectivity index is 2.91. The summed E-state index contributed by atoms with van der Waals surface area (Å²) in [7, 11) is 4.51. The maximum absolute atomic E-state index is 12.0. The van der Waals surface area contributed by atoms with Crippen LogP contribution < -0.4 is 19.5 Å². The number of ether oxygens (including phenoxy) is 3. The van der Waals surface area contributed by atoms with E-state index in [1.54, 1.807) is 12.1 Å². The zero-order valence-electron chi connectivity index (χ0n) is 10.6. The Labute approximate surface area is 105 Å². The fourth-order valence-corrected chi connectivity index (χ4v) is 1.62. The van der Waals surface area contributed by atoms with E-state index in [1.807, 2.05) is 0 Å². The van der Waals surface area contributed by atoms with Crippen molar-refractivity contribution in [2.24, 2.45) is 0 Å². The van der Waals surface area contributed by atoms with E-state index in [4.69, 9.17) is 14.2 Å². The summed E-state index contributed by atoms with van der Waals surface area (Å²) in [4.78, 5) is 0. The molecule has 0 aliphatic carbocycles. The van der Waals surface area contributed by atoms with Crippen molar-refractivity contribution in [3.63, 3.8) is 0 Å². The number of methoxy groups -OCH3 is 3. The van der Waals surface area contributed by atoms with Crippen LogP contribution in [0.15, 0.2) is 12.1 Å². The molecule has 1 aromatic carbocycles. The van der Waals surface area contributed by atoms with Crippen LogP contribution in [0.3, 0.4) is 0 Å². The Kier molecular flexibility index (Phi) is 5.64. The summed E-state index contributed by atoms with van der Waals surface area (Å²) in [6.07, 6.45) is -2.38. The molecule has 0 unspecified atom stereocenters. The quantitative estimate of drug-likeness (QED) is 0.815. The fourth-order valence-electron chi connectivity index (χ4n) is 1.62. The monoisotopic (exact) mass is 261 g/mol. The summed E-state index contributed by atoms with van der Waals surface area (Å²) in [6.45, 7) is -0.0919. The molecule has 1 rings (SSSR count). The number of rotatable bonds is 7. The number of alkyl halides is 2. The molecule has 1 N–H and O–H groups in total. The second-order valence-corrected chi connectivity index (χ2v) is 3.52. The van der Waals surface area contributed by atoms with Crippen LogP contribution in [0.25, 0.3) is 0 Å². The third kappa shape index (κ3) is 3.46. The zero-order chi connectivity index (χ0) is 13.5. The van der Waals surface area contributed by atoms with E-state index >= 15 is 0 Å². The molecule has 0 spiro atoms. The van der Waals surface area contributed by atoms with Gasteiger partial charge in [-0.25, -0.2) is 8.78 Å². The van der Waals surface area contributed by atoms with Gasteiger partial charge in [-0.15, -0.1) is 0 Å². The molecule has 102 valence electrons. The highest BCUT2D eigenvalue weighted by Gasteiger charge is 2.15. The van der Waals surface area contributed by atoms with Gasteiger partial charge in [-0.3, -0.25) is 0 Å². The van der Waals surface area contributed by atoms with Gasteiger partial charge in [0.05, 0.1) is 27.9 Å². The topological polar surface area (TPSA) is 39.7 Å². The minimum atomic E-state index is -2.38. The molecule has 0 fully saturated rings. The van der Waals surface area contributed by atoms with Gasteiger partial charge in [0.25, 0.3) is 6.43 Å². The summed E-state index contributed by atoms with van der Waals surface area (Å²) in [5.74, 6) is 1.47. The van der Waals surface area contributed by atoms with E-state index in [9.17, 15) is 8.78 Å². The summed E-state index contributed by atoms with van der Waals surface area (Å²) < 4.78 is 39.7. The minimum Gasteiger partial charge on any atom is -0.493 e. The lowest BCUT2D eigenvalue weighted by Crippen LogP contribution is -2.21. The van der Waals surface area contributed by atoms with Crippen molar-refractivity contribution >= 4 is 0 Å². The van der Waals surface area contributed by atoms with Crippen LogP contribution in [0.4, 0.5) is 8.78 Å². The van der Waals surface area contributed by atoms with Gasteiger partial charge >= 0.3 is 0 Å². The number of halogens is 2. The third-order valence-corrected chi connectivity index (χ3v) is 2.40. The first-order valence-corrected chi connectivity index (χ1v) is 5.40. The predicted octanol–water partition coefficient (Wildman–Crippen LogP) is 2.07. The van der Waals surface area contributed by atoms with Gasteiger partial charge in [0, 0.05) is 12.1 Å². The van der Waals surface area contributed by atoms with Crippen LogP contribution in [0, 0.1) is 0 Å². The molecule has 0 saturated heterocycles. The standard InChI is InChI=1S/C12H17F2NO3/c1-16-9-5-4-8(6-15-7-10(13)14)11(17-2)12(9)18-3/h4-5,10,15H,6-7H2,1-3H3. The van der Waals surface area contributed by atoms with E-state index in [2.05, 4.69) is 5.32 Å². The lowest BCUT2D eigenvalue weighted by molar-refractivity contribution is 0.145. The van der Waals surface area contributed by atoms with Crippen LogP contribution in [-0.2, 0) is 6.54 Å². The first kappa shape index (κ1) is 14.5. The molecule has 4 nitrogen and oxygen atoms in total. The first-order chi connectivity index (χ1) is 8.63. The van der Waals surface area contributed by atoms with Crippen molar-refractivity contribution in [1.82, 2.24) is 5.32 Å². The molecular weight excluding hydrogens is 244 g/mol. The summed E-state index contributed by atoms with van der Waals surface area (Å²) in [6, 6.07) is 3.46. The molecule has 18 heavy (non-hydrogen) atoms. The Bertz CT molecular complexity index is 386. The molecule has 0 bridgehead atoms. The van der Waals surface area contributed by atoms with Crippen LogP contribution in [0.2, 0.25) is 0 Å². The van der Waals surface area contributed by atoms with E-state index in [1.165, 1.54) is 21.3 Å². The maximum Gasteiger partial charge on any atom is 0.250 e.